The zero-order chi connectivity index (χ0) is 17.1. The highest BCUT2D eigenvalue weighted by atomic mass is 32.2. The van der Waals surface area contributed by atoms with Gasteiger partial charge in [0, 0.05) is 19.1 Å². The summed E-state index contributed by atoms with van der Waals surface area (Å²) in [4.78, 5) is 0.241. The minimum Gasteiger partial charge on any atom is -0.312 e. The van der Waals surface area contributed by atoms with Crippen LogP contribution < -0.4 is 10.0 Å². The summed E-state index contributed by atoms with van der Waals surface area (Å²) in [5.41, 5.74) is 1.09. The molecule has 1 atom stereocenters. The Balaban J connectivity index is 1.82. The van der Waals surface area contributed by atoms with Crippen molar-refractivity contribution in [2.24, 2.45) is 0 Å². The van der Waals surface area contributed by atoms with Gasteiger partial charge in [0.25, 0.3) is 0 Å². The SMILES string of the molecule is CC(C)c1ccc(S(=O)(=O)NCCN[C@H]2CCS(=O)(=O)C2)cc1. The topological polar surface area (TPSA) is 92.3 Å². The first-order valence-electron chi connectivity index (χ1n) is 7.73. The van der Waals surface area contributed by atoms with Crippen molar-refractivity contribution >= 4 is 19.9 Å². The molecule has 23 heavy (non-hydrogen) atoms. The molecule has 0 radical (unpaired) electrons. The second kappa shape index (κ2) is 7.29. The molecule has 0 aliphatic carbocycles. The maximum absolute atomic E-state index is 12.2. The minimum absolute atomic E-state index is 0.0742. The molecule has 130 valence electrons. The molecular weight excluding hydrogens is 336 g/mol. The lowest BCUT2D eigenvalue weighted by Gasteiger charge is -2.12. The van der Waals surface area contributed by atoms with E-state index in [0.717, 1.165) is 5.56 Å². The monoisotopic (exact) mass is 360 g/mol. The first kappa shape index (κ1) is 18.4. The van der Waals surface area contributed by atoms with Gasteiger partial charge in [0.2, 0.25) is 10.0 Å². The third-order valence-corrected chi connectivity index (χ3v) is 7.18. The van der Waals surface area contributed by atoms with E-state index >= 15 is 0 Å². The Morgan fingerprint density at radius 1 is 1.17 bits per heavy atom. The number of hydrogen-bond donors (Lipinski definition) is 2. The van der Waals surface area contributed by atoms with Crippen molar-refractivity contribution in [3.63, 3.8) is 0 Å². The van der Waals surface area contributed by atoms with Crippen molar-refractivity contribution in [3.8, 4) is 0 Å². The number of benzene rings is 1. The van der Waals surface area contributed by atoms with E-state index in [-0.39, 0.29) is 29.0 Å². The Labute approximate surface area is 138 Å². The Kier molecular flexibility index (Phi) is 5.83. The van der Waals surface area contributed by atoms with Crippen LogP contribution in [0.3, 0.4) is 0 Å². The van der Waals surface area contributed by atoms with Crippen molar-refractivity contribution in [2.45, 2.75) is 37.1 Å². The number of rotatable bonds is 7. The number of sulfonamides is 1. The molecule has 0 bridgehead atoms. The molecule has 1 heterocycles. The summed E-state index contributed by atoms with van der Waals surface area (Å²) in [7, 11) is -6.45. The molecule has 0 saturated carbocycles. The van der Waals surface area contributed by atoms with Gasteiger partial charge in [0.15, 0.2) is 9.84 Å². The van der Waals surface area contributed by atoms with Gasteiger partial charge in [-0.05, 0) is 30.0 Å². The summed E-state index contributed by atoms with van der Waals surface area (Å²) in [5, 5.41) is 3.08. The van der Waals surface area contributed by atoms with E-state index in [1.807, 2.05) is 12.1 Å². The molecule has 1 saturated heterocycles. The van der Waals surface area contributed by atoms with E-state index in [0.29, 0.717) is 18.9 Å². The third-order valence-electron chi connectivity index (χ3n) is 3.94. The lowest BCUT2D eigenvalue weighted by atomic mass is 10.0. The van der Waals surface area contributed by atoms with Crippen LogP contribution in [0, 0.1) is 0 Å². The summed E-state index contributed by atoms with van der Waals surface area (Å²) in [5.74, 6) is 0.696. The van der Waals surface area contributed by atoms with E-state index in [2.05, 4.69) is 23.9 Å². The van der Waals surface area contributed by atoms with Crippen LogP contribution in [0.4, 0.5) is 0 Å². The van der Waals surface area contributed by atoms with Crippen LogP contribution in [0.5, 0.6) is 0 Å². The van der Waals surface area contributed by atoms with Crippen LogP contribution in [0.2, 0.25) is 0 Å². The maximum Gasteiger partial charge on any atom is 0.240 e. The van der Waals surface area contributed by atoms with Gasteiger partial charge in [-0.25, -0.2) is 21.6 Å². The average molecular weight is 361 g/mol. The van der Waals surface area contributed by atoms with Gasteiger partial charge in [-0.1, -0.05) is 26.0 Å². The number of nitrogens with one attached hydrogen (secondary N) is 2. The van der Waals surface area contributed by atoms with Crippen LogP contribution >= 0.6 is 0 Å². The van der Waals surface area contributed by atoms with E-state index in [9.17, 15) is 16.8 Å². The second-order valence-electron chi connectivity index (χ2n) is 6.18. The molecule has 2 N–H and O–H groups in total. The molecule has 1 aliphatic heterocycles. The normalized spacial score (nSPS) is 20.9. The van der Waals surface area contributed by atoms with Gasteiger partial charge >= 0.3 is 0 Å². The zero-order valence-corrected chi connectivity index (χ0v) is 15.1. The molecule has 2 rings (SSSR count). The van der Waals surface area contributed by atoms with Crippen molar-refractivity contribution in [2.75, 3.05) is 24.6 Å². The molecule has 1 aromatic carbocycles. The molecule has 0 unspecified atom stereocenters. The lowest BCUT2D eigenvalue weighted by Crippen LogP contribution is -2.37. The van der Waals surface area contributed by atoms with Gasteiger partial charge in [0.05, 0.1) is 16.4 Å². The van der Waals surface area contributed by atoms with Crippen molar-refractivity contribution in [1.29, 1.82) is 0 Å². The molecule has 0 amide bonds. The fourth-order valence-corrected chi connectivity index (χ4v) is 5.27. The lowest BCUT2D eigenvalue weighted by molar-refractivity contribution is 0.542. The largest absolute Gasteiger partial charge is 0.312 e. The molecular formula is C15H24N2O4S2. The molecule has 8 heteroatoms. The maximum atomic E-state index is 12.2. The van der Waals surface area contributed by atoms with Crippen LogP contribution in [0.15, 0.2) is 29.2 Å². The highest BCUT2D eigenvalue weighted by molar-refractivity contribution is 7.91. The van der Waals surface area contributed by atoms with Gasteiger partial charge in [-0.3, -0.25) is 0 Å². The predicted molar refractivity (Wildman–Crippen MR) is 90.8 cm³/mol. The van der Waals surface area contributed by atoms with E-state index in [1.54, 1.807) is 12.1 Å². The fraction of sp³-hybridized carbons (Fsp3) is 0.600. The molecule has 0 spiro atoms. The van der Waals surface area contributed by atoms with Crippen LogP contribution in [-0.2, 0) is 19.9 Å². The third kappa shape index (κ3) is 5.27. The zero-order valence-electron chi connectivity index (χ0n) is 13.4. The number of sulfone groups is 1. The van der Waals surface area contributed by atoms with Crippen LogP contribution in [0.1, 0.15) is 31.7 Å². The second-order valence-corrected chi connectivity index (χ2v) is 10.2. The van der Waals surface area contributed by atoms with Crippen molar-refractivity contribution < 1.29 is 16.8 Å². The highest BCUT2D eigenvalue weighted by Gasteiger charge is 2.27. The van der Waals surface area contributed by atoms with Gasteiger partial charge < -0.3 is 5.32 Å². The first-order chi connectivity index (χ1) is 10.7. The van der Waals surface area contributed by atoms with E-state index in [4.69, 9.17) is 0 Å². The van der Waals surface area contributed by atoms with Gasteiger partial charge in [0.1, 0.15) is 0 Å². The van der Waals surface area contributed by atoms with Crippen molar-refractivity contribution in [3.05, 3.63) is 29.8 Å². The Morgan fingerprint density at radius 2 is 1.83 bits per heavy atom. The summed E-state index contributed by atoms with van der Waals surface area (Å²) < 4.78 is 49.6. The number of hydrogen-bond acceptors (Lipinski definition) is 5. The molecule has 1 aliphatic rings. The summed E-state index contributed by atoms with van der Waals surface area (Å²) in [6.07, 6.45) is 0.589. The summed E-state index contributed by atoms with van der Waals surface area (Å²) in [6.45, 7) is 4.74. The summed E-state index contributed by atoms with van der Waals surface area (Å²) >= 11 is 0. The van der Waals surface area contributed by atoms with Crippen molar-refractivity contribution in [1.82, 2.24) is 10.0 Å². The average Bonchev–Trinajstić information content (AvgIpc) is 2.83. The minimum atomic E-state index is -3.53. The van der Waals surface area contributed by atoms with E-state index in [1.165, 1.54) is 0 Å². The smallest absolute Gasteiger partial charge is 0.240 e. The predicted octanol–water partition coefficient (Wildman–Crippen LogP) is 0.865. The van der Waals surface area contributed by atoms with E-state index < -0.39 is 19.9 Å². The highest BCUT2D eigenvalue weighted by Crippen LogP contribution is 2.17. The van der Waals surface area contributed by atoms with Crippen LogP contribution in [-0.4, -0.2) is 47.5 Å². The quantitative estimate of drug-likeness (QED) is 0.704. The first-order valence-corrected chi connectivity index (χ1v) is 11.0. The molecule has 0 aromatic heterocycles. The molecule has 6 nitrogen and oxygen atoms in total. The standard InChI is InChI=1S/C15H24N2O4S2/c1-12(2)13-3-5-15(6-4-13)23(20,21)17-9-8-16-14-7-10-22(18,19)11-14/h3-6,12,14,16-17H,7-11H2,1-2H3/t14-/m0/s1. The summed E-state index contributed by atoms with van der Waals surface area (Å²) in [6, 6.07) is 6.78. The van der Waals surface area contributed by atoms with Gasteiger partial charge in [-0.2, -0.15) is 0 Å². The van der Waals surface area contributed by atoms with Gasteiger partial charge in [-0.15, -0.1) is 0 Å². The Morgan fingerprint density at radius 3 is 2.35 bits per heavy atom. The van der Waals surface area contributed by atoms with Crippen LogP contribution in [0.25, 0.3) is 0 Å². The fourth-order valence-electron chi connectivity index (χ4n) is 2.53. The Hall–Kier alpha value is -0.960. The molecule has 1 aromatic rings. The Bertz CT molecular complexity index is 725. The molecule has 1 fully saturated rings.